The first-order chi connectivity index (χ1) is 14.4. The Balaban J connectivity index is 1.60. The Bertz CT molecular complexity index is 1180. The zero-order chi connectivity index (χ0) is 21.3. The maximum absolute atomic E-state index is 12.7. The van der Waals surface area contributed by atoms with E-state index in [0.717, 1.165) is 18.4 Å². The first-order valence-electron chi connectivity index (χ1n) is 9.68. The standard InChI is InChI=1S/C21H22N4O4S/c1-14-18(6-5-7-19(14)22-15(2)26)21-23-20(24-29-21)16-8-10-17(11-9-16)30(27,28)25-12-3-4-13-25/h5-11H,3-4,12-13H2,1-2H3,(H,22,26). The molecular weight excluding hydrogens is 404 g/mol. The molecule has 4 rings (SSSR count). The molecule has 3 aromatic rings. The third-order valence-corrected chi connectivity index (χ3v) is 7.03. The Morgan fingerprint density at radius 3 is 2.47 bits per heavy atom. The number of rotatable bonds is 5. The first-order valence-corrected chi connectivity index (χ1v) is 11.1. The number of hydrogen-bond acceptors (Lipinski definition) is 6. The van der Waals surface area contributed by atoms with Crippen LogP contribution in [0.3, 0.4) is 0 Å². The van der Waals surface area contributed by atoms with Crippen molar-refractivity contribution in [3.63, 3.8) is 0 Å². The molecule has 0 unspecified atom stereocenters. The molecule has 0 saturated carbocycles. The number of aromatic nitrogens is 2. The Hall–Kier alpha value is -3.04. The largest absolute Gasteiger partial charge is 0.334 e. The van der Waals surface area contributed by atoms with E-state index in [1.54, 1.807) is 36.4 Å². The van der Waals surface area contributed by atoms with Crippen molar-refractivity contribution < 1.29 is 17.7 Å². The number of hydrogen-bond donors (Lipinski definition) is 1. The van der Waals surface area contributed by atoms with E-state index in [4.69, 9.17) is 4.52 Å². The van der Waals surface area contributed by atoms with Gasteiger partial charge >= 0.3 is 0 Å². The normalized spacial score (nSPS) is 14.7. The van der Waals surface area contributed by atoms with Gasteiger partial charge in [-0.25, -0.2) is 8.42 Å². The van der Waals surface area contributed by atoms with Crippen molar-refractivity contribution in [1.29, 1.82) is 0 Å². The summed E-state index contributed by atoms with van der Waals surface area (Å²) in [6.07, 6.45) is 1.79. The molecule has 2 heterocycles. The monoisotopic (exact) mass is 426 g/mol. The fourth-order valence-corrected chi connectivity index (χ4v) is 5.01. The van der Waals surface area contributed by atoms with E-state index in [0.29, 0.717) is 41.6 Å². The van der Waals surface area contributed by atoms with Gasteiger partial charge in [-0.2, -0.15) is 9.29 Å². The van der Waals surface area contributed by atoms with Crippen molar-refractivity contribution in [3.05, 3.63) is 48.0 Å². The highest BCUT2D eigenvalue weighted by Crippen LogP contribution is 2.30. The van der Waals surface area contributed by atoms with Gasteiger partial charge in [0.15, 0.2) is 0 Å². The molecule has 1 saturated heterocycles. The Labute approximate surface area is 175 Å². The summed E-state index contributed by atoms with van der Waals surface area (Å²) in [6, 6.07) is 11.9. The number of carbonyl (C=O) groups excluding carboxylic acids is 1. The van der Waals surface area contributed by atoms with Gasteiger partial charge in [-0.1, -0.05) is 11.2 Å². The fourth-order valence-electron chi connectivity index (χ4n) is 3.50. The molecule has 9 heteroatoms. The lowest BCUT2D eigenvalue weighted by molar-refractivity contribution is -0.114. The summed E-state index contributed by atoms with van der Waals surface area (Å²) in [6.45, 7) is 4.44. The lowest BCUT2D eigenvalue weighted by atomic mass is 10.1. The summed E-state index contributed by atoms with van der Waals surface area (Å²) in [5, 5.41) is 6.81. The molecule has 1 aromatic heterocycles. The molecule has 30 heavy (non-hydrogen) atoms. The second kappa shape index (κ2) is 8.00. The Kier molecular flexibility index (Phi) is 5.40. The SMILES string of the molecule is CC(=O)Nc1cccc(-c2nc(-c3ccc(S(=O)(=O)N4CCCC4)cc3)no2)c1C. The zero-order valence-electron chi connectivity index (χ0n) is 16.8. The number of nitrogens with one attached hydrogen (secondary N) is 1. The molecule has 0 radical (unpaired) electrons. The summed E-state index contributed by atoms with van der Waals surface area (Å²) in [4.78, 5) is 16.1. The highest BCUT2D eigenvalue weighted by molar-refractivity contribution is 7.89. The van der Waals surface area contributed by atoms with Crippen LogP contribution in [0, 0.1) is 6.92 Å². The molecule has 1 N–H and O–H groups in total. The summed E-state index contributed by atoms with van der Waals surface area (Å²) < 4.78 is 32.3. The van der Waals surface area contributed by atoms with Crippen molar-refractivity contribution in [2.24, 2.45) is 0 Å². The van der Waals surface area contributed by atoms with E-state index < -0.39 is 10.0 Å². The minimum absolute atomic E-state index is 0.162. The molecule has 1 aliphatic heterocycles. The molecule has 1 fully saturated rings. The van der Waals surface area contributed by atoms with Crippen molar-refractivity contribution in [3.8, 4) is 22.8 Å². The Morgan fingerprint density at radius 1 is 1.10 bits per heavy atom. The van der Waals surface area contributed by atoms with Gasteiger partial charge in [0.1, 0.15) is 0 Å². The minimum atomic E-state index is -3.46. The predicted molar refractivity (Wildman–Crippen MR) is 112 cm³/mol. The second-order valence-electron chi connectivity index (χ2n) is 7.22. The number of nitrogens with zero attached hydrogens (tertiary/aromatic N) is 3. The van der Waals surface area contributed by atoms with Crippen LogP contribution >= 0.6 is 0 Å². The van der Waals surface area contributed by atoms with Crippen molar-refractivity contribution in [2.45, 2.75) is 31.6 Å². The molecule has 8 nitrogen and oxygen atoms in total. The average molecular weight is 426 g/mol. The van der Waals surface area contributed by atoms with Crippen LogP contribution in [0.1, 0.15) is 25.3 Å². The van der Waals surface area contributed by atoms with Crippen LogP contribution in [0.15, 0.2) is 51.9 Å². The van der Waals surface area contributed by atoms with Crippen LogP contribution in [0.4, 0.5) is 5.69 Å². The van der Waals surface area contributed by atoms with Crippen LogP contribution in [-0.2, 0) is 14.8 Å². The number of sulfonamides is 1. The highest BCUT2D eigenvalue weighted by atomic mass is 32.2. The van der Waals surface area contributed by atoms with Gasteiger partial charge in [-0.3, -0.25) is 4.79 Å². The number of benzene rings is 2. The van der Waals surface area contributed by atoms with Crippen molar-refractivity contribution in [1.82, 2.24) is 14.4 Å². The van der Waals surface area contributed by atoms with E-state index in [-0.39, 0.29) is 10.8 Å². The summed E-state index contributed by atoms with van der Waals surface area (Å²) in [5.74, 6) is 0.522. The average Bonchev–Trinajstić information content (AvgIpc) is 3.42. The molecule has 1 amide bonds. The van der Waals surface area contributed by atoms with Gasteiger partial charge in [0.05, 0.1) is 4.90 Å². The lowest BCUT2D eigenvalue weighted by Gasteiger charge is -2.15. The van der Waals surface area contributed by atoms with Gasteiger partial charge in [0.25, 0.3) is 5.89 Å². The van der Waals surface area contributed by atoms with Crippen molar-refractivity contribution in [2.75, 3.05) is 18.4 Å². The van der Waals surface area contributed by atoms with E-state index in [9.17, 15) is 13.2 Å². The third kappa shape index (κ3) is 3.86. The second-order valence-corrected chi connectivity index (χ2v) is 9.16. The molecule has 2 aromatic carbocycles. The highest BCUT2D eigenvalue weighted by Gasteiger charge is 2.27. The van der Waals surface area contributed by atoms with Gasteiger partial charge in [0, 0.05) is 36.8 Å². The van der Waals surface area contributed by atoms with Gasteiger partial charge in [-0.05, 0) is 61.7 Å². The van der Waals surface area contributed by atoms with Crippen LogP contribution < -0.4 is 5.32 Å². The maximum atomic E-state index is 12.7. The maximum Gasteiger partial charge on any atom is 0.258 e. The smallest absolute Gasteiger partial charge is 0.258 e. The van der Waals surface area contributed by atoms with Crippen LogP contribution in [0.2, 0.25) is 0 Å². The molecule has 1 aliphatic rings. The third-order valence-electron chi connectivity index (χ3n) is 5.12. The number of carbonyl (C=O) groups is 1. The van der Waals surface area contributed by atoms with Crippen LogP contribution in [0.25, 0.3) is 22.8 Å². The molecule has 0 bridgehead atoms. The molecule has 0 spiro atoms. The summed E-state index contributed by atoms with van der Waals surface area (Å²) in [5.41, 5.74) is 2.86. The summed E-state index contributed by atoms with van der Waals surface area (Å²) >= 11 is 0. The minimum Gasteiger partial charge on any atom is -0.334 e. The predicted octanol–water partition coefficient (Wildman–Crippen LogP) is 3.45. The van der Waals surface area contributed by atoms with Crippen LogP contribution in [0.5, 0.6) is 0 Å². The van der Waals surface area contributed by atoms with E-state index >= 15 is 0 Å². The molecule has 156 valence electrons. The fraction of sp³-hybridized carbons (Fsp3) is 0.286. The molecule has 0 atom stereocenters. The first kappa shape index (κ1) is 20.2. The van der Waals surface area contributed by atoms with E-state index in [1.807, 2.05) is 13.0 Å². The molecular formula is C21H22N4O4S. The topological polar surface area (TPSA) is 105 Å². The van der Waals surface area contributed by atoms with E-state index in [1.165, 1.54) is 11.2 Å². The van der Waals surface area contributed by atoms with E-state index in [2.05, 4.69) is 15.5 Å². The van der Waals surface area contributed by atoms with Gasteiger partial charge in [0.2, 0.25) is 21.8 Å². The summed E-state index contributed by atoms with van der Waals surface area (Å²) in [7, 11) is -3.46. The van der Waals surface area contributed by atoms with Crippen LogP contribution in [-0.4, -0.2) is 41.9 Å². The van der Waals surface area contributed by atoms with Crippen molar-refractivity contribution >= 4 is 21.6 Å². The zero-order valence-corrected chi connectivity index (χ0v) is 17.6. The lowest BCUT2D eigenvalue weighted by Crippen LogP contribution is -2.27. The molecule has 0 aliphatic carbocycles. The number of anilines is 1. The quantitative estimate of drug-likeness (QED) is 0.670. The number of amides is 1. The Morgan fingerprint density at radius 2 is 1.80 bits per heavy atom. The van der Waals surface area contributed by atoms with Gasteiger partial charge in [-0.15, -0.1) is 0 Å². The van der Waals surface area contributed by atoms with Gasteiger partial charge < -0.3 is 9.84 Å².